The summed E-state index contributed by atoms with van der Waals surface area (Å²) in [6.45, 7) is 2.00. The molecule has 0 radical (unpaired) electrons. The molecule has 0 atom stereocenters. The van der Waals surface area contributed by atoms with Crippen LogP contribution in [0.25, 0.3) is 10.2 Å². The lowest BCUT2D eigenvalue weighted by molar-refractivity contribution is 0.101. The van der Waals surface area contributed by atoms with Crippen LogP contribution in [0, 0.1) is 6.92 Å². The second kappa shape index (κ2) is 7.96. The minimum atomic E-state index is -0.561. The van der Waals surface area contributed by atoms with E-state index in [2.05, 4.69) is 26.3 Å². The lowest BCUT2D eigenvalue weighted by Gasteiger charge is -2.19. The number of nitrogens with one attached hydrogen (secondary N) is 1. The Balaban J connectivity index is 1.59. The van der Waals surface area contributed by atoms with Crippen molar-refractivity contribution in [3.05, 3.63) is 60.2 Å². The second-order valence-corrected chi connectivity index (χ2v) is 7.65. The molecular weight excluding hydrogens is 402 g/mol. The van der Waals surface area contributed by atoms with Gasteiger partial charge in [0.05, 0.1) is 29.2 Å². The molecule has 1 aromatic carbocycles. The quantitative estimate of drug-likeness (QED) is 0.500. The Morgan fingerprint density at radius 2 is 2.03 bits per heavy atom. The monoisotopic (exact) mass is 421 g/mol. The summed E-state index contributed by atoms with van der Waals surface area (Å²) in [6.07, 6.45) is 5.02. The molecule has 3 aromatic heterocycles. The molecule has 4 rings (SSSR count). The maximum atomic E-state index is 12.5. The molecule has 0 fully saturated rings. The Morgan fingerprint density at radius 1 is 1.20 bits per heavy atom. The number of rotatable bonds is 5. The van der Waals surface area contributed by atoms with Gasteiger partial charge in [-0.05, 0) is 36.8 Å². The minimum Gasteiger partial charge on any atom is -0.503 e. The van der Waals surface area contributed by atoms with Crippen molar-refractivity contribution in [3.8, 4) is 11.5 Å². The molecular formula is C21H19N5O3S. The van der Waals surface area contributed by atoms with Gasteiger partial charge < -0.3 is 14.7 Å². The zero-order valence-electron chi connectivity index (χ0n) is 16.6. The molecule has 8 nitrogen and oxygen atoms in total. The fourth-order valence-corrected chi connectivity index (χ4v) is 3.86. The first-order chi connectivity index (χ1) is 14.5. The number of nitrogens with zero attached hydrogens (tertiary/aromatic N) is 4. The molecule has 0 unspecified atom stereocenters. The number of thiazole rings is 1. The molecule has 1 amide bonds. The van der Waals surface area contributed by atoms with Gasteiger partial charge in [-0.3, -0.25) is 15.1 Å². The predicted molar refractivity (Wildman–Crippen MR) is 117 cm³/mol. The fourth-order valence-electron chi connectivity index (χ4n) is 2.97. The van der Waals surface area contributed by atoms with Crippen LogP contribution in [-0.4, -0.2) is 40.1 Å². The van der Waals surface area contributed by atoms with Crippen molar-refractivity contribution in [3.63, 3.8) is 0 Å². The molecule has 0 saturated heterocycles. The zero-order chi connectivity index (χ0) is 21.3. The highest BCUT2D eigenvalue weighted by atomic mass is 32.1. The summed E-state index contributed by atoms with van der Waals surface area (Å²) in [5.41, 5.74) is 3.67. The van der Waals surface area contributed by atoms with E-state index in [1.807, 2.05) is 49.5 Å². The number of hydrogen-bond donors (Lipinski definition) is 2. The third-order valence-corrected chi connectivity index (χ3v) is 5.48. The molecule has 0 aliphatic heterocycles. The van der Waals surface area contributed by atoms with Crippen molar-refractivity contribution in [1.82, 2.24) is 15.0 Å². The van der Waals surface area contributed by atoms with Crippen molar-refractivity contribution in [2.45, 2.75) is 6.92 Å². The maximum Gasteiger partial charge on any atom is 0.280 e. The van der Waals surface area contributed by atoms with Crippen molar-refractivity contribution < 1.29 is 14.6 Å². The van der Waals surface area contributed by atoms with Crippen LogP contribution in [0.15, 0.2) is 48.9 Å². The average molecular weight is 421 g/mol. The topological polar surface area (TPSA) is 100 Å². The normalized spacial score (nSPS) is 10.8. The van der Waals surface area contributed by atoms with E-state index in [1.165, 1.54) is 30.7 Å². The Bertz CT molecular complexity index is 1240. The van der Waals surface area contributed by atoms with Crippen LogP contribution in [0.1, 0.15) is 16.1 Å². The summed E-state index contributed by atoms with van der Waals surface area (Å²) < 4.78 is 5.94. The van der Waals surface area contributed by atoms with Crippen LogP contribution in [0.3, 0.4) is 0 Å². The van der Waals surface area contributed by atoms with Gasteiger partial charge in [0.1, 0.15) is 0 Å². The summed E-state index contributed by atoms with van der Waals surface area (Å²) in [5, 5.41) is 13.2. The third kappa shape index (κ3) is 3.74. The number of aromatic nitrogens is 3. The molecule has 3 heterocycles. The van der Waals surface area contributed by atoms with Crippen LogP contribution in [0.5, 0.6) is 11.5 Å². The van der Waals surface area contributed by atoms with Gasteiger partial charge in [0.15, 0.2) is 22.3 Å². The van der Waals surface area contributed by atoms with E-state index < -0.39 is 5.91 Å². The van der Waals surface area contributed by atoms with Gasteiger partial charge in [0, 0.05) is 31.2 Å². The van der Waals surface area contributed by atoms with Gasteiger partial charge in [-0.1, -0.05) is 11.3 Å². The van der Waals surface area contributed by atoms with Crippen molar-refractivity contribution in [2.24, 2.45) is 0 Å². The smallest absolute Gasteiger partial charge is 0.280 e. The van der Waals surface area contributed by atoms with Crippen LogP contribution in [0.4, 0.5) is 16.5 Å². The van der Waals surface area contributed by atoms with E-state index in [9.17, 15) is 9.90 Å². The molecule has 4 aromatic rings. The number of pyridine rings is 2. The van der Waals surface area contributed by atoms with Gasteiger partial charge >= 0.3 is 0 Å². The van der Waals surface area contributed by atoms with Crippen LogP contribution in [-0.2, 0) is 0 Å². The van der Waals surface area contributed by atoms with Crippen LogP contribution >= 0.6 is 11.3 Å². The van der Waals surface area contributed by atoms with Crippen molar-refractivity contribution in [1.29, 1.82) is 0 Å². The Kier molecular flexibility index (Phi) is 5.20. The molecule has 9 heteroatoms. The maximum absolute atomic E-state index is 12.5. The standard InChI is InChI=1S/C21H19N5O3S/c1-12-8-14(11-22-10-12)26(2)13-4-5-15-17(9-13)30-21(24-15)25-20(28)18-19(27)16(29-3)6-7-23-18/h4-11,27H,1-3H3,(H,24,25,28). The zero-order valence-corrected chi connectivity index (χ0v) is 17.4. The van der Waals surface area contributed by atoms with Crippen molar-refractivity contribution >= 4 is 44.0 Å². The first-order valence-corrected chi connectivity index (χ1v) is 9.87. The first-order valence-electron chi connectivity index (χ1n) is 9.05. The number of aromatic hydroxyl groups is 1. The first kappa shape index (κ1) is 19.6. The van der Waals surface area contributed by atoms with E-state index in [-0.39, 0.29) is 17.2 Å². The Morgan fingerprint density at radius 3 is 2.80 bits per heavy atom. The molecule has 0 aliphatic rings. The number of methoxy groups -OCH3 is 1. The number of hydrogen-bond acceptors (Lipinski definition) is 8. The van der Waals surface area contributed by atoms with Gasteiger partial charge in [-0.2, -0.15) is 0 Å². The number of fused-ring (bicyclic) bond motifs is 1. The highest BCUT2D eigenvalue weighted by Crippen LogP contribution is 2.33. The average Bonchev–Trinajstić information content (AvgIpc) is 3.14. The number of benzene rings is 1. The molecule has 2 N–H and O–H groups in total. The van der Waals surface area contributed by atoms with E-state index in [4.69, 9.17) is 4.74 Å². The van der Waals surface area contributed by atoms with Crippen LogP contribution < -0.4 is 15.0 Å². The summed E-state index contributed by atoms with van der Waals surface area (Å²) in [7, 11) is 3.38. The summed E-state index contributed by atoms with van der Waals surface area (Å²) in [4.78, 5) is 27.2. The largest absolute Gasteiger partial charge is 0.503 e. The molecule has 0 bridgehead atoms. The molecule has 152 valence electrons. The number of carbonyl (C=O) groups is 1. The highest BCUT2D eigenvalue weighted by Gasteiger charge is 2.18. The predicted octanol–water partition coefficient (Wildman–Crippen LogP) is 4.13. The summed E-state index contributed by atoms with van der Waals surface area (Å²) in [6, 6.07) is 9.41. The highest BCUT2D eigenvalue weighted by molar-refractivity contribution is 7.22. The Labute approximate surface area is 176 Å². The third-order valence-electron chi connectivity index (χ3n) is 4.55. The number of ether oxygens (including phenoxy) is 1. The second-order valence-electron chi connectivity index (χ2n) is 6.62. The SMILES string of the molecule is COc1ccnc(C(=O)Nc2nc3ccc(N(C)c4cncc(C)c4)cc3s2)c1O. The van der Waals surface area contributed by atoms with E-state index in [1.54, 1.807) is 0 Å². The van der Waals surface area contributed by atoms with E-state index >= 15 is 0 Å². The lowest BCUT2D eigenvalue weighted by atomic mass is 10.2. The van der Waals surface area contributed by atoms with E-state index in [0.717, 1.165) is 27.2 Å². The van der Waals surface area contributed by atoms with Gasteiger partial charge in [0.25, 0.3) is 5.91 Å². The minimum absolute atomic E-state index is 0.124. The van der Waals surface area contributed by atoms with Gasteiger partial charge in [-0.25, -0.2) is 9.97 Å². The molecule has 0 saturated carbocycles. The number of anilines is 3. The van der Waals surface area contributed by atoms with Gasteiger partial charge in [0.2, 0.25) is 0 Å². The number of carbonyl (C=O) groups excluding carboxylic acids is 1. The number of amides is 1. The molecule has 30 heavy (non-hydrogen) atoms. The fraction of sp³-hybridized carbons (Fsp3) is 0.143. The van der Waals surface area contributed by atoms with Crippen LogP contribution in [0.2, 0.25) is 0 Å². The van der Waals surface area contributed by atoms with Crippen molar-refractivity contribution in [2.75, 3.05) is 24.4 Å². The summed E-state index contributed by atoms with van der Waals surface area (Å²) in [5.74, 6) is -0.694. The number of aryl methyl sites for hydroxylation is 1. The molecule has 0 aliphatic carbocycles. The summed E-state index contributed by atoms with van der Waals surface area (Å²) >= 11 is 1.34. The van der Waals surface area contributed by atoms with Gasteiger partial charge in [-0.15, -0.1) is 0 Å². The molecule has 0 spiro atoms. The lowest BCUT2D eigenvalue weighted by Crippen LogP contribution is -2.13. The van der Waals surface area contributed by atoms with E-state index in [0.29, 0.717) is 5.13 Å². The Hall–Kier alpha value is -3.72.